The normalized spacial score (nSPS) is 11.2. The Bertz CT molecular complexity index is 1020. The van der Waals surface area contributed by atoms with Crippen LogP contribution in [0, 0.1) is 0 Å². The first kappa shape index (κ1) is 17.8. The fourth-order valence-corrected chi connectivity index (χ4v) is 2.38. The molecule has 0 fully saturated rings. The van der Waals surface area contributed by atoms with Crippen molar-refractivity contribution in [2.75, 3.05) is 0 Å². The number of aliphatic carboxylic acids is 1. The number of carbonyl (C=O) groups excluding carboxylic acids is 1. The van der Waals surface area contributed by atoms with Crippen molar-refractivity contribution in [3.63, 3.8) is 0 Å². The first-order chi connectivity index (χ1) is 12.9. The number of amides is 1. The third kappa shape index (κ3) is 4.16. The van der Waals surface area contributed by atoms with Gasteiger partial charge in [-0.25, -0.2) is 4.79 Å². The van der Waals surface area contributed by atoms with Crippen LogP contribution in [-0.4, -0.2) is 27.2 Å². The first-order valence-corrected chi connectivity index (χ1v) is 7.87. The Morgan fingerprint density at radius 3 is 2.41 bits per heavy atom. The predicted molar refractivity (Wildman–Crippen MR) is 97.0 cm³/mol. The average Bonchev–Trinajstić information content (AvgIpc) is 3.12. The molecule has 7 heteroatoms. The first-order valence-electron chi connectivity index (χ1n) is 7.87. The summed E-state index contributed by atoms with van der Waals surface area (Å²) >= 11 is 0. The van der Waals surface area contributed by atoms with E-state index in [9.17, 15) is 24.9 Å². The van der Waals surface area contributed by atoms with E-state index in [1.54, 1.807) is 12.1 Å². The van der Waals surface area contributed by atoms with Crippen LogP contribution in [0.2, 0.25) is 0 Å². The minimum Gasteiger partial charge on any atom is -0.508 e. The van der Waals surface area contributed by atoms with E-state index in [1.165, 1.54) is 6.07 Å². The van der Waals surface area contributed by atoms with Crippen LogP contribution in [0.3, 0.4) is 0 Å². The van der Waals surface area contributed by atoms with E-state index >= 15 is 0 Å². The molecule has 0 radical (unpaired) electrons. The maximum absolute atomic E-state index is 12.2. The topological polar surface area (TPSA) is 120 Å². The highest BCUT2D eigenvalue weighted by molar-refractivity contribution is 6.04. The van der Waals surface area contributed by atoms with Gasteiger partial charge < -0.3 is 25.1 Å². The largest absolute Gasteiger partial charge is 0.508 e. The van der Waals surface area contributed by atoms with Crippen LogP contribution in [-0.2, 0) is 4.79 Å². The summed E-state index contributed by atoms with van der Waals surface area (Å²) in [6, 6.07) is 15.9. The fourth-order valence-electron chi connectivity index (χ4n) is 2.38. The van der Waals surface area contributed by atoms with Gasteiger partial charge in [0.2, 0.25) is 0 Å². The van der Waals surface area contributed by atoms with Gasteiger partial charge in [0.25, 0.3) is 5.91 Å². The van der Waals surface area contributed by atoms with Crippen molar-refractivity contribution in [3.8, 4) is 22.8 Å². The number of hydrogen-bond acceptors (Lipinski definition) is 5. The lowest BCUT2D eigenvalue weighted by Crippen LogP contribution is -2.27. The molecule has 0 atom stereocenters. The van der Waals surface area contributed by atoms with Crippen molar-refractivity contribution in [2.45, 2.75) is 0 Å². The molecule has 0 aliphatic carbocycles. The Morgan fingerprint density at radius 1 is 0.963 bits per heavy atom. The number of phenolic OH excluding ortho intramolecular Hbond substituents is 2. The molecule has 3 aromatic rings. The minimum absolute atomic E-state index is 0.228. The smallest absolute Gasteiger partial charge is 0.352 e. The summed E-state index contributed by atoms with van der Waals surface area (Å²) in [6.45, 7) is 0. The summed E-state index contributed by atoms with van der Waals surface area (Å²) in [5.74, 6) is -2.13. The third-order valence-electron chi connectivity index (χ3n) is 3.68. The number of benzene rings is 2. The van der Waals surface area contributed by atoms with Gasteiger partial charge in [0, 0.05) is 11.6 Å². The fraction of sp³-hybridized carbons (Fsp3) is 0. The summed E-state index contributed by atoms with van der Waals surface area (Å²) in [5, 5.41) is 30.7. The van der Waals surface area contributed by atoms with Crippen molar-refractivity contribution >= 4 is 18.0 Å². The minimum atomic E-state index is -1.39. The molecular weight excluding hydrogens is 350 g/mol. The van der Waals surface area contributed by atoms with Gasteiger partial charge in [0.1, 0.15) is 28.7 Å². The molecule has 0 saturated carbocycles. The van der Waals surface area contributed by atoms with Gasteiger partial charge in [-0.15, -0.1) is 0 Å². The highest BCUT2D eigenvalue weighted by Crippen LogP contribution is 2.24. The lowest BCUT2D eigenvalue weighted by atomic mass is 10.1. The Balaban J connectivity index is 1.86. The lowest BCUT2D eigenvalue weighted by molar-refractivity contribution is -0.132. The van der Waals surface area contributed by atoms with Crippen LogP contribution in [0.1, 0.15) is 16.1 Å². The van der Waals surface area contributed by atoms with Gasteiger partial charge >= 0.3 is 5.97 Å². The molecule has 0 spiro atoms. The number of hydrogen-bond donors (Lipinski definition) is 4. The molecule has 1 amide bonds. The summed E-state index contributed by atoms with van der Waals surface area (Å²) in [6.07, 6.45) is 1.16. The van der Waals surface area contributed by atoms with Crippen LogP contribution < -0.4 is 5.32 Å². The Kier molecular flexibility index (Phi) is 4.94. The third-order valence-corrected chi connectivity index (χ3v) is 3.68. The van der Waals surface area contributed by atoms with Gasteiger partial charge in [-0.1, -0.05) is 30.3 Å². The molecule has 7 nitrogen and oxygen atoms in total. The molecule has 3 rings (SSSR count). The number of carbonyl (C=O) groups is 2. The van der Waals surface area contributed by atoms with Crippen molar-refractivity contribution < 1.29 is 29.3 Å². The highest BCUT2D eigenvalue weighted by atomic mass is 16.4. The van der Waals surface area contributed by atoms with E-state index in [1.807, 2.05) is 30.3 Å². The van der Waals surface area contributed by atoms with Crippen LogP contribution >= 0.6 is 0 Å². The van der Waals surface area contributed by atoms with Crippen LogP contribution in [0.25, 0.3) is 17.4 Å². The Labute approximate surface area is 153 Å². The van der Waals surface area contributed by atoms with Crippen LogP contribution in [0.4, 0.5) is 0 Å². The molecule has 4 N–H and O–H groups in total. The molecule has 0 saturated heterocycles. The van der Waals surface area contributed by atoms with Crippen molar-refractivity contribution in [3.05, 3.63) is 77.7 Å². The molecule has 1 aromatic heterocycles. The van der Waals surface area contributed by atoms with Gasteiger partial charge in [-0.2, -0.15) is 0 Å². The molecule has 0 bridgehead atoms. The second-order valence-corrected chi connectivity index (χ2v) is 5.59. The van der Waals surface area contributed by atoms with Gasteiger partial charge in [0.15, 0.2) is 0 Å². The Hall–Kier alpha value is -4.00. The average molecular weight is 365 g/mol. The number of furan rings is 1. The van der Waals surface area contributed by atoms with E-state index in [4.69, 9.17) is 4.42 Å². The van der Waals surface area contributed by atoms with Crippen LogP contribution in [0.15, 0.2) is 70.8 Å². The molecule has 27 heavy (non-hydrogen) atoms. The zero-order valence-corrected chi connectivity index (χ0v) is 13.9. The second kappa shape index (κ2) is 7.49. The van der Waals surface area contributed by atoms with Crippen molar-refractivity contribution in [1.82, 2.24) is 5.32 Å². The molecule has 0 aliphatic heterocycles. The zero-order chi connectivity index (χ0) is 19.4. The molecular formula is C20H15NO6. The SMILES string of the molecule is O=C(O)C(=Cc1ccc(-c2ccccc2)o1)NC(=O)c1cc(O)ccc1O. The van der Waals surface area contributed by atoms with Crippen molar-refractivity contribution in [2.24, 2.45) is 0 Å². The second-order valence-electron chi connectivity index (χ2n) is 5.59. The highest BCUT2D eigenvalue weighted by Gasteiger charge is 2.17. The van der Waals surface area contributed by atoms with Gasteiger partial charge in [-0.05, 0) is 30.3 Å². The number of nitrogens with one attached hydrogen (secondary N) is 1. The van der Waals surface area contributed by atoms with E-state index in [-0.39, 0.29) is 22.8 Å². The summed E-state index contributed by atoms with van der Waals surface area (Å²) in [4.78, 5) is 23.7. The maximum Gasteiger partial charge on any atom is 0.352 e. The predicted octanol–water partition coefficient (Wildman–Crippen LogP) is 3.21. The summed E-state index contributed by atoms with van der Waals surface area (Å²) < 4.78 is 5.60. The number of phenols is 2. The number of aromatic hydroxyl groups is 2. The summed E-state index contributed by atoms with van der Waals surface area (Å²) in [5.41, 5.74) is 0.117. The molecule has 136 valence electrons. The Morgan fingerprint density at radius 2 is 1.70 bits per heavy atom. The monoisotopic (exact) mass is 365 g/mol. The van der Waals surface area contributed by atoms with Crippen LogP contribution in [0.5, 0.6) is 11.5 Å². The van der Waals surface area contributed by atoms with E-state index < -0.39 is 17.6 Å². The van der Waals surface area contributed by atoms with E-state index in [0.29, 0.717) is 5.76 Å². The standard InChI is InChI=1S/C20H15NO6/c22-13-6-8-17(23)15(10-13)19(24)21-16(20(25)26)11-14-7-9-18(27-14)12-4-2-1-3-5-12/h1-11,22-23H,(H,21,24)(H,25,26). The lowest BCUT2D eigenvalue weighted by Gasteiger charge is -2.07. The molecule has 1 heterocycles. The van der Waals surface area contributed by atoms with E-state index in [2.05, 4.69) is 5.32 Å². The van der Waals surface area contributed by atoms with Gasteiger partial charge in [-0.3, -0.25) is 4.79 Å². The van der Waals surface area contributed by atoms with E-state index in [0.717, 1.165) is 23.8 Å². The maximum atomic E-state index is 12.2. The van der Waals surface area contributed by atoms with Gasteiger partial charge in [0.05, 0.1) is 5.56 Å². The quantitative estimate of drug-likeness (QED) is 0.407. The number of carboxylic acid groups (broad SMARTS) is 1. The summed E-state index contributed by atoms with van der Waals surface area (Å²) in [7, 11) is 0. The number of carboxylic acids is 1. The molecule has 0 unspecified atom stereocenters. The zero-order valence-electron chi connectivity index (χ0n) is 13.9. The molecule has 0 aliphatic rings. The number of rotatable bonds is 5. The van der Waals surface area contributed by atoms with Crippen molar-refractivity contribution in [1.29, 1.82) is 0 Å². The molecule has 2 aromatic carbocycles.